The van der Waals surface area contributed by atoms with Gasteiger partial charge in [-0.1, -0.05) is 30.7 Å². The lowest BCUT2D eigenvalue weighted by atomic mass is 9.95. The molecule has 0 aliphatic rings. The standard InChI is InChI=1S/C12H19NO/c1-4-11(14)12(13)10-7-8(2)5-6-9(10)3/h5-7,11-12,14H,4,13H2,1-3H3. The van der Waals surface area contributed by atoms with Crippen LogP contribution in [0, 0.1) is 13.8 Å². The molecule has 2 heteroatoms. The molecule has 14 heavy (non-hydrogen) atoms. The van der Waals surface area contributed by atoms with E-state index in [1.807, 2.05) is 26.8 Å². The molecule has 0 saturated carbocycles. The summed E-state index contributed by atoms with van der Waals surface area (Å²) in [5, 5.41) is 9.67. The van der Waals surface area contributed by atoms with Crippen molar-refractivity contribution in [3.63, 3.8) is 0 Å². The van der Waals surface area contributed by atoms with Crippen molar-refractivity contribution < 1.29 is 5.11 Å². The monoisotopic (exact) mass is 193 g/mol. The number of hydrogen-bond acceptors (Lipinski definition) is 2. The fourth-order valence-electron chi connectivity index (χ4n) is 1.58. The second kappa shape index (κ2) is 4.58. The van der Waals surface area contributed by atoms with Gasteiger partial charge in [0.05, 0.1) is 12.1 Å². The Morgan fingerprint density at radius 1 is 1.36 bits per heavy atom. The molecule has 0 spiro atoms. The van der Waals surface area contributed by atoms with Crippen LogP contribution in [0.25, 0.3) is 0 Å². The van der Waals surface area contributed by atoms with Crippen LogP contribution in [-0.4, -0.2) is 11.2 Å². The highest BCUT2D eigenvalue weighted by Gasteiger charge is 2.16. The van der Waals surface area contributed by atoms with Crippen molar-refractivity contribution in [2.24, 2.45) is 5.73 Å². The summed E-state index contributed by atoms with van der Waals surface area (Å²) in [6.45, 7) is 6.00. The molecule has 0 aliphatic carbocycles. The molecule has 2 unspecified atom stereocenters. The summed E-state index contributed by atoms with van der Waals surface area (Å²) in [5.74, 6) is 0. The molecule has 2 atom stereocenters. The molecule has 1 aromatic rings. The Kier molecular flexibility index (Phi) is 3.67. The molecule has 78 valence electrons. The average Bonchev–Trinajstić information content (AvgIpc) is 2.19. The van der Waals surface area contributed by atoms with Gasteiger partial charge < -0.3 is 10.8 Å². The van der Waals surface area contributed by atoms with Crippen molar-refractivity contribution in [2.75, 3.05) is 0 Å². The van der Waals surface area contributed by atoms with E-state index in [1.165, 1.54) is 5.56 Å². The summed E-state index contributed by atoms with van der Waals surface area (Å²) in [6.07, 6.45) is 0.240. The van der Waals surface area contributed by atoms with Crippen LogP contribution in [0.2, 0.25) is 0 Å². The van der Waals surface area contributed by atoms with E-state index in [0.717, 1.165) is 11.1 Å². The fraction of sp³-hybridized carbons (Fsp3) is 0.500. The van der Waals surface area contributed by atoms with E-state index < -0.39 is 6.10 Å². The van der Waals surface area contributed by atoms with Crippen LogP contribution in [0.5, 0.6) is 0 Å². The Morgan fingerprint density at radius 2 is 2.00 bits per heavy atom. The predicted molar refractivity (Wildman–Crippen MR) is 59.1 cm³/mol. The Morgan fingerprint density at radius 3 is 2.57 bits per heavy atom. The van der Waals surface area contributed by atoms with Crippen molar-refractivity contribution in [2.45, 2.75) is 39.3 Å². The zero-order valence-corrected chi connectivity index (χ0v) is 9.12. The van der Waals surface area contributed by atoms with Gasteiger partial charge in [0.25, 0.3) is 0 Å². The molecule has 0 radical (unpaired) electrons. The maximum atomic E-state index is 9.67. The van der Waals surface area contributed by atoms with Crippen molar-refractivity contribution in [3.8, 4) is 0 Å². The minimum Gasteiger partial charge on any atom is -0.391 e. The number of benzene rings is 1. The van der Waals surface area contributed by atoms with E-state index >= 15 is 0 Å². The lowest BCUT2D eigenvalue weighted by Gasteiger charge is -2.20. The number of aliphatic hydroxyl groups excluding tert-OH is 1. The molecule has 1 aromatic carbocycles. The number of rotatable bonds is 3. The van der Waals surface area contributed by atoms with E-state index in [2.05, 4.69) is 12.1 Å². The van der Waals surface area contributed by atoms with Gasteiger partial charge in [0.15, 0.2) is 0 Å². The van der Waals surface area contributed by atoms with Gasteiger partial charge in [-0.05, 0) is 31.4 Å². The normalized spacial score (nSPS) is 15.2. The third-order valence-electron chi connectivity index (χ3n) is 2.63. The van der Waals surface area contributed by atoms with Crippen LogP contribution >= 0.6 is 0 Å². The molecule has 0 aromatic heterocycles. The smallest absolute Gasteiger partial charge is 0.0730 e. The van der Waals surface area contributed by atoms with Gasteiger partial charge in [-0.25, -0.2) is 0 Å². The highest BCUT2D eigenvalue weighted by molar-refractivity contribution is 5.33. The maximum Gasteiger partial charge on any atom is 0.0730 e. The Bertz CT molecular complexity index is 309. The number of aryl methyl sites for hydroxylation is 2. The zero-order valence-electron chi connectivity index (χ0n) is 9.12. The van der Waals surface area contributed by atoms with E-state index in [9.17, 15) is 5.11 Å². The number of aliphatic hydroxyl groups is 1. The van der Waals surface area contributed by atoms with Crippen LogP contribution < -0.4 is 5.73 Å². The predicted octanol–water partition coefficient (Wildman–Crippen LogP) is 2.07. The van der Waals surface area contributed by atoms with Crippen molar-refractivity contribution >= 4 is 0 Å². The number of hydrogen-bond donors (Lipinski definition) is 2. The van der Waals surface area contributed by atoms with Crippen LogP contribution in [0.4, 0.5) is 0 Å². The van der Waals surface area contributed by atoms with Gasteiger partial charge >= 0.3 is 0 Å². The van der Waals surface area contributed by atoms with Crippen molar-refractivity contribution in [1.82, 2.24) is 0 Å². The summed E-state index contributed by atoms with van der Waals surface area (Å²) in [6, 6.07) is 5.90. The molecule has 1 rings (SSSR count). The Hall–Kier alpha value is -0.860. The lowest BCUT2D eigenvalue weighted by Crippen LogP contribution is -2.26. The second-order valence-electron chi connectivity index (χ2n) is 3.86. The third-order valence-corrected chi connectivity index (χ3v) is 2.63. The first-order chi connectivity index (χ1) is 6.56. The largest absolute Gasteiger partial charge is 0.391 e. The zero-order chi connectivity index (χ0) is 10.7. The topological polar surface area (TPSA) is 46.2 Å². The minimum atomic E-state index is -0.449. The summed E-state index contributed by atoms with van der Waals surface area (Å²) < 4.78 is 0. The maximum absolute atomic E-state index is 9.67. The summed E-state index contributed by atoms with van der Waals surface area (Å²) >= 11 is 0. The summed E-state index contributed by atoms with van der Waals surface area (Å²) in [7, 11) is 0. The molecular formula is C12H19NO. The van der Waals surface area contributed by atoms with Crippen LogP contribution in [-0.2, 0) is 0 Å². The van der Waals surface area contributed by atoms with Crippen molar-refractivity contribution in [3.05, 3.63) is 34.9 Å². The highest BCUT2D eigenvalue weighted by atomic mass is 16.3. The van der Waals surface area contributed by atoms with Gasteiger partial charge in [0.1, 0.15) is 0 Å². The average molecular weight is 193 g/mol. The summed E-state index contributed by atoms with van der Waals surface area (Å²) in [4.78, 5) is 0. The Balaban J connectivity index is 2.99. The second-order valence-corrected chi connectivity index (χ2v) is 3.86. The molecule has 0 fully saturated rings. The minimum absolute atomic E-state index is 0.264. The molecular weight excluding hydrogens is 174 g/mol. The highest BCUT2D eigenvalue weighted by Crippen LogP contribution is 2.21. The Labute approximate surface area is 85.8 Å². The van der Waals surface area contributed by atoms with Gasteiger partial charge in [-0.3, -0.25) is 0 Å². The van der Waals surface area contributed by atoms with Gasteiger partial charge in [0.2, 0.25) is 0 Å². The van der Waals surface area contributed by atoms with Gasteiger partial charge in [0, 0.05) is 0 Å². The molecule has 2 nitrogen and oxygen atoms in total. The van der Waals surface area contributed by atoms with Crippen molar-refractivity contribution in [1.29, 1.82) is 0 Å². The van der Waals surface area contributed by atoms with Crippen LogP contribution in [0.15, 0.2) is 18.2 Å². The van der Waals surface area contributed by atoms with Crippen LogP contribution in [0.3, 0.4) is 0 Å². The van der Waals surface area contributed by atoms with Gasteiger partial charge in [-0.15, -0.1) is 0 Å². The van der Waals surface area contributed by atoms with E-state index in [0.29, 0.717) is 6.42 Å². The third kappa shape index (κ3) is 2.34. The lowest BCUT2D eigenvalue weighted by molar-refractivity contribution is 0.140. The fourth-order valence-corrected chi connectivity index (χ4v) is 1.58. The molecule has 0 bridgehead atoms. The van der Waals surface area contributed by atoms with Gasteiger partial charge in [-0.2, -0.15) is 0 Å². The van der Waals surface area contributed by atoms with Crippen LogP contribution in [0.1, 0.15) is 36.1 Å². The summed E-state index contributed by atoms with van der Waals surface area (Å²) in [5.41, 5.74) is 9.36. The molecule has 3 N–H and O–H groups in total. The quantitative estimate of drug-likeness (QED) is 0.772. The molecule has 0 saturated heterocycles. The number of nitrogens with two attached hydrogens (primary N) is 1. The first-order valence-corrected chi connectivity index (χ1v) is 5.07. The van der Waals surface area contributed by atoms with E-state index in [-0.39, 0.29) is 6.04 Å². The van der Waals surface area contributed by atoms with E-state index in [4.69, 9.17) is 5.73 Å². The van der Waals surface area contributed by atoms with E-state index in [1.54, 1.807) is 0 Å². The molecule has 0 aliphatic heterocycles. The molecule has 0 heterocycles. The first-order valence-electron chi connectivity index (χ1n) is 5.07. The SMILES string of the molecule is CCC(O)C(N)c1cc(C)ccc1C. The first kappa shape index (κ1) is 11.2. The molecule has 0 amide bonds.